The third-order valence-electron chi connectivity index (χ3n) is 1.67. The summed E-state index contributed by atoms with van der Waals surface area (Å²) in [5.41, 5.74) is 0. The largest absolute Gasteiger partial charge is 0.465 e. The number of aldehydes is 1. The number of unbranched alkanes of at least 4 members (excludes halogenated alkanes) is 1. The molecular weight excluding hydrogens is 310 g/mol. The van der Waals surface area contributed by atoms with Crippen molar-refractivity contribution < 1.29 is 45.4 Å². The molecule has 0 spiro atoms. The minimum absolute atomic E-state index is 0.0122. The van der Waals surface area contributed by atoms with Crippen LogP contribution in [0.15, 0.2) is 0 Å². The molecule has 0 atom stereocenters. The zero-order valence-corrected chi connectivity index (χ0v) is 11.2. The molecule has 0 aromatic rings. The number of rotatable bonds is 7. The molecule has 0 radical (unpaired) electrons. The maximum absolute atomic E-state index is 11.6. The average molecular weight is 326 g/mol. The molecule has 21 heavy (non-hydrogen) atoms. The molecule has 0 unspecified atom stereocenters. The summed E-state index contributed by atoms with van der Waals surface area (Å²) in [6.07, 6.45) is -10.6. The van der Waals surface area contributed by atoms with E-state index in [1.807, 2.05) is 0 Å². The molecule has 0 N–H and O–H groups in total. The van der Waals surface area contributed by atoms with Gasteiger partial charge in [-0.15, -0.1) is 0 Å². The fourth-order valence-corrected chi connectivity index (χ4v) is 0.844. The van der Waals surface area contributed by atoms with E-state index in [1.54, 1.807) is 0 Å². The van der Waals surface area contributed by atoms with E-state index in [1.165, 1.54) is 7.11 Å². The number of ether oxygens (including phenoxy) is 2. The van der Waals surface area contributed by atoms with Crippen LogP contribution in [0.1, 0.15) is 25.7 Å². The fourth-order valence-electron chi connectivity index (χ4n) is 0.844. The monoisotopic (exact) mass is 326 g/mol. The zero-order chi connectivity index (χ0) is 16.9. The van der Waals surface area contributed by atoms with Crippen LogP contribution in [0.25, 0.3) is 0 Å². The second kappa shape index (κ2) is 11.4. The Morgan fingerprint density at radius 1 is 1.00 bits per heavy atom. The summed E-state index contributed by atoms with van der Waals surface area (Å²) >= 11 is 0. The van der Waals surface area contributed by atoms with E-state index in [9.17, 15) is 31.1 Å². The van der Waals surface area contributed by atoms with Crippen molar-refractivity contribution in [3.63, 3.8) is 0 Å². The van der Waals surface area contributed by atoms with Crippen molar-refractivity contribution >= 4 is 12.3 Å². The molecule has 0 fully saturated rings. The quantitative estimate of drug-likeness (QED) is 0.312. The molecule has 0 aliphatic rings. The summed E-state index contributed by atoms with van der Waals surface area (Å²) in [6, 6.07) is 0. The molecule has 0 aromatic carbocycles. The van der Waals surface area contributed by atoms with Crippen molar-refractivity contribution in [1.29, 1.82) is 0 Å². The van der Waals surface area contributed by atoms with E-state index in [0.717, 1.165) is 0 Å². The number of halogens is 6. The molecule has 126 valence electrons. The normalized spacial score (nSPS) is 11.4. The van der Waals surface area contributed by atoms with Gasteiger partial charge in [0, 0.05) is 13.7 Å². The van der Waals surface area contributed by atoms with Crippen molar-refractivity contribution in [2.45, 2.75) is 38.0 Å². The van der Waals surface area contributed by atoms with Crippen molar-refractivity contribution in [1.82, 2.24) is 0 Å². The lowest BCUT2D eigenvalue weighted by atomic mass is 10.3. The first kappa shape index (κ1) is 22.0. The van der Waals surface area contributed by atoms with Crippen LogP contribution in [0, 0.1) is 0 Å². The van der Waals surface area contributed by atoms with E-state index in [2.05, 4.69) is 4.74 Å². The summed E-state index contributed by atoms with van der Waals surface area (Å²) in [4.78, 5) is 19.6. The molecular formula is C11H16F6O4. The molecule has 0 saturated carbocycles. The van der Waals surface area contributed by atoms with Gasteiger partial charge in [0.1, 0.15) is 12.7 Å². The highest BCUT2D eigenvalue weighted by Gasteiger charge is 2.32. The Labute approximate surface area is 117 Å². The number of hydrogen-bond donors (Lipinski definition) is 0. The molecule has 4 nitrogen and oxygen atoms in total. The second-order valence-electron chi connectivity index (χ2n) is 3.70. The SMILES string of the molecule is COCCCCOC(=O)CC(F)(F)F.O=CCC(F)(F)F. The van der Waals surface area contributed by atoms with E-state index in [0.29, 0.717) is 19.4 Å². The molecule has 0 bridgehead atoms. The topological polar surface area (TPSA) is 52.6 Å². The Bertz CT molecular complexity index is 287. The van der Waals surface area contributed by atoms with Crippen LogP contribution in [0.2, 0.25) is 0 Å². The number of alkyl halides is 6. The maximum Gasteiger partial charge on any atom is 0.399 e. The second-order valence-corrected chi connectivity index (χ2v) is 3.70. The first-order chi connectivity index (χ1) is 9.52. The van der Waals surface area contributed by atoms with Gasteiger partial charge in [0.15, 0.2) is 0 Å². The lowest BCUT2D eigenvalue weighted by molar-refractivity contribution is -0.171. The average Bonchev–Trinajstić information content (AvgIpc) is 2.25. The number of methoxy groups -OCH3 is 1. The number of carbonyl (C=O) groups is 2. The van der Waals surface area contributed by atoms with E-state index < -0.39 is 31.2 Å². The fraction of sp³-hybridized carbons (Fsp3) is 0.818. The third-order valence-corrected chi connectivity index (χ3v) is 1.67. The smallest absolute Gasteiger partial charge is 0.399 e. The first-order valence-corrected chi connectivity index (χ1v) is 5.73. The van der Waals surface area contributed by atoms with Gasteiger partial charge in [0.2, 0.25) is 0 Å². The highest BCUT2D eigenvalue weighted by atomic mass is 19.4. The molecule has 0 aromatic heterocycles. The molecule has 0 aliphatic heterocycles. The maximum atomic E-state index is 11.6. The summed E-state index contributed by atoms with van der Waals surface area (Å²) in [7, 11) is 1.52. The Kier molecular flexibility index (Phi) is 11.9. The summed E-state index contributed by atoms with van der Waals surface area (Å²) in [5, 5.41) is 0. The van der Waals surface area contributed by atoms with Gasteiger partial charge >= 0.3 is 18.3 Å². The number of esters is 1. The van der Waals surface area contributed by atoms with Gasteiger partial charge in [0.05, 0.1) is 13.0 Å². The predicted molar refractivity (Wildman–Crippen MR) is 59.5 cm³/mol. The highest BCUT2D eigenvalue weighted by Crippen LogP contribution is 2.19. The van der Waals surface area contributed by atoms with Crippen LogP contribution in [0.3, 0.4) is 0 Å². The Morgan fingerprint density at radius 2 is 1.52 bits per heavy atom. The predicted octanol–water partition coefficient (Wildman–Crippen LogP) is 3.05. The van der Waals surface area contributed by atoms with Crippen LogP contribution in [0.5, 0.6) is 0 Å². The molecule has 0 rings (SSSR count). The number of hydrogen-bond acceptors (Lipinski definition) is 4. The van der Waals surface area contributed by atoms with Gasteiger partial charge in [-0.25, -0.2) is 0 Å². The lowest BCUT2D eigenvalue weighted by Crippen LogP contribution is -2.17. The molecule has 0 saturated heterocycles. The Morgan fingerprint density at radius 3 is 1.86 bits per heavy atom. The van der Waals surface area contributed by atoms with Crippen LogP contribution in [0.4, 0.5) is 26.3 Å². The molecule has 0 amide bonds. The van der Waals surface area contributed by atoms with Crippen molar-refractivity contribution in [3.05, 3.63) is 0 Å². The minimum atomic E-state index is -4.48. The van der Waals surface area contributed by atoms with Crippen molar-refractivity contribution in [3.8, 4) is 0 Å². The summed E-state index contributed by atoms with van der Waals surface area (Å²) in [5.74, 6) is -1.23. The summed E-state index contributed by atoms with van der Waals surface area (Å²) < 4.78 is 76.4. The zero-order valence-electron chi connectivity index (χ0n) is 11.2. The molecule has 0 heterocycles. The van der Waals surface area contributed by atoms with Crippen LogP contribution >= 0.6 is 0 Å². The van der Waals surface area contributed by atoms with E-state index in [-0.39, 0.29) is 12.9 Å². The molecule has 10 heteroatoms. The minimum Gasteiger partial charge on any atom is -0.465 e. The Balaban J connectivity index is 0. The molecule has 0 aliphatic carbocycles. The van der Waals surface area contributed by atoms with Gasteiger partial charge in [-0.3, -0.25) is 4.79 Å². The van der Waals surface area contributed by atoms with Crippen LogP contribution in [-0.4, -0.2) is 44.9 Å². The van der Waals surface area contributed by atoms with Gasteiger partial charge in [-0.05, 0) is 12.8 Å². The summed E-state index contributed by atoms with van der Waals surface area (Å²) in [6.45, 7) is 0.523. The Hall–Kier alpha value is -1.32. The van der Waals surface area contributed by atoms with Gasteiger partial charge in [0.25, 0.3) is 0 Å². The first-order valence-electron chi connectivity index (χ1n) is 5.73. The van der Waals surface area contributed by atoms with E-state index >= 15 is 0 Å². The van der Waals surface area contributed by atoms with Crippen molar-refractivity contribution in [2.75, 3.05) is 20.3 Å². The highest BCUT2D eigenvalue weighted by molar-refractivity contribution is 5.70. The van der Waals surface area contributed by atoms with Gasteiger partial charge in [-0.1, -0.05) is 0 Å². The van der Waals surface area contributed by atoms with Gasteiger partial charge in [-0.2, -0.15) is 26.3 Å². The van der Waals surface area contributed by atoms with Gasteiger partial charge < -0.3 is 14.3 Å². The third kappa shape index (κ3) is 24.1. The lowest BCUT2D eigenvalue weighted by Gasteiger charge is -2.06. The number of carbonyl (C=O) groups excluding carboxylic acids is 2. The van der Waals surface area contributed by atoms with Crippen LogP contribution < -0.4 is 0 Å². The van der Waals surface area contributed by atoms with E-state index in [4.69, 9.17) is 9.53 Å². The van der Waals surface area contributed by atoms with Crippen molar-refractivity contribution in [2.24, 2.45) is 0 Å². The van der Waals surface area contributed by atoms with Crippen LogP contribution in [-0.2, 0) is 19.1 Å². The standard InChI is InChI=1S/C8H13F3O3.C3H3F3O/c1-13-4-2-3-5-14-7(12)6-8(9,10)11;4-3(5,6)1-2-7/h2-6H2,1H3;2H,1H2.